The number of nitrogens with zero attached hydrogens (tertiary/aromatic N) is 2. The van der Waals surface area contributed by atoms with Gasteiger partial charge in [0.1, 0.15) is 11.4 Å². The summed E-state index contributed by atoms with van der Waals surface area (Å²) in [6.45, 7) is 1.62. The maximum atomic E-state index is 11.6. The second kappa shape index (κ2) is 5.14. The lowest BCUT2D eigenvalue weighted by Gasteiger charge is -2.32. The number of esters is 1. The Balaban J connectivity index is 2.27. The number of carbonyl (C=O) groups is 1. The highest BCUT2D eigenvalue weighted by molar-refractivity contribution is 5.94. The minimum atomic E-state index is -0.354. The number of carbonyl (C=O) groups excluding carboxylic acids is 1. The Morgan fingerprint density at radius 3 is 3.18 bits per heavy atom. The zero-order valence-corrected chi connectivity index (χ0v) is 9.93. The first-order valence-electron chi connectivity index (χ1n) is 5.76. The molecule has 5 nitrogen and oxygen atoms in total. The van der Waals surface area contributed by atoms with Crippen molar-refractivity contribution < 1.29 is 9.53 Å². The second-order valence-electron chi connectivity index (χ2n) is 4.21. The van der Waals surface area contributed by atoms with Gasteiger partial charge in [0.05, 0.1) is 7.11 Å². The van der Waals surface area contributed by atoms with Gasteiger partial charge in [-0.15, -0.1) is 0 Å². The van der Waals surface area contributed by atoms with Crippen molar-refractivity contribution in [2.24, 2.45) is 5.73 Å². The minimum Gasteiger partial charge on any atom is -0.465 e. The van der Waals surface area contributed by atoms with Gasteiger partial charge in [0.2, 0.25) is 0 Å². The summed E-state index contributed by atoms with van der Waals surface area (Å²) in [5.74, 6) is 0.321. The average Bonchev–Trinajstić information content (AvgIpc) is 2.38. The Morgan fingerprint density at radius 1 is 1.65 bits per heavy atom. The van der Waals surface area contributed by atoms with E-state index in [9.17, 15) is 4.79 Å². The van der Waals surface area contributed by atoms with Crippen LogP contribution in [-0.2, 0) is 4.74 Å². The van der Waals surface area contributed by atoms with Gasteiger partial charge < -0.3 is 15.4 Å². The van der Waals surface area contributed by atoms with E-state index in [2.05, 4.69) is 9.88 Å². The SMILES string of the molecule is COC(=O)c1cccnc1N1CCC[C@H](N)C1. The number of hydrogen-bond acceptors (Lipinski definition) is 5. The molecule has 0 unspecified atom stereocenters. The Kier molecular flexibility index (Phi) is 3.58. The molecule has 0 spiro atoms. The van der Waals surface area contributed by atoms with Gasteiger partial charge in [0.25, 0.3) is 0 Å². The zero-order valence-electron chi connectivity index (χ0n) is 9.93. The summed E-state index contributed by atoms with van der Waals surface area (Å²) < 4.78 is 4.76. The van der Waals surface area contributed by atoms with Crippen LogP contribution in [0.1, 0.15) is 23.2 Å². The lowest BCUT2D eigenvalue weighted by atomic mass is 10.1. The molecule has 0 amide bonds. The fraction of sp³-hybridized carbons (Fsp3) is 0.500. The summed E-state index contributed by atoms with van der Waals surface area (Å²) in [7, 11) is 1.38. The molecule has 0 bridgehead atoms. The highest BCUT2D eigenvalue weighted by Gasteiger charge is 2.22. The van der Waals surface area contributed by atoms with Crippen LogP contribution in [0.25, 0.3) is 0 Å². The number of aromatic nitrogens is 1. The molecule has 1 aliphatic rings. The molecule has 2 rings (SSSR count). The van der Waals surface area contributed by atoms with E-state index in [-0.39, 0.29) is 12.0 Å². The molecule has 1 aliphatic heterocycles. The lowest BCUT2D eigenvalue weighted by Crippen LogP contribution is -2.43. The predicted molar refractivity (Wildman–Crippen MR) is 65.0 cm³/mol. The number of ether oxygens (including phenoxy) is 1. The van der Waals surface area contributed by atoms with E-state index >= 15 is 0 Å². The first-order chi connectivity index (χ1) is 8.22. The van der Waals surface area contributed by atoms with Gasteiger partial charge in [-0.3, -0.25) is 0 Å². The maximum absolute atomic E-state index is 11.6. The molecular formula is C12H17N3O2. The molecule has 92 valence electrons. The minimum absolute atomic E-state index is 0.149. The van der Waals surface area contributed by atoms with Crippen molar-refractivity contribution in [2.75, 3.05) is 25.1 Å². The van der Waals surface area contributed by atoms with Crippen molar-refractivity contribution in [3.8, 4) is 0 Å². The highest BCUT2D eigenvalue weighted by Crippen LogP contribution is 2.21. The third-order valence-corrected chi connectivity index (χ3v) is 2.95. The van der Waals surface area contributed by atoms with Gasteiger partial charge in [-0.2, -0.15) is 0 Å². The van der Waals surface area contributed by atoms with Crippen molar-refractivity contribution >= 4 is 11.8 Å². The van der Waals surface area contributed by atoms with E-state index in [1.54, 1.807) is 18.3 Å². The Bertz CT molecular complexity index is 408. The molecule has 2 N–H and O–H groups in total. The van der Waals surface area contributed by atoms with Gasteiger partial charge in [0, 0.05) is 25.3 Å². The third-order valence-electron chi connectivity index (χ3n) is 2.95. The van der Waals surface area contributed by atoms with Gasteiger partial charge in [0.15, 0.2) is 0 Å². The molecule has 1 aromatic rings. The number of anilines is 1. The van der Waals surface area contributed by atoms with Crippen LogP contribution in [0.5, 0.6) is 0 Å². The third kappa shape index (κ3) is 2.55. The van der Waals surface area contributed by atoms with Gasteiger partial charge >= 0.3 is 5.97 Å². The topological polar surface area (TPSA) is 68.5 Å². The largest absolute Gasteiger partial charge is 0.465 e. The van der Waals surface area contributed by atoms with E-state index in [4.69, 9.17) is 10.5 Å². The summed E-state index contributed by atoms with van der Waals surface area (Å²) >= 11 is 0. The molecule has 0 aromatic carbocycles. The molecule has 1 atom stereocenters. The van der Waals surface area contributed by atoms with Crippen LogP contribution in [0.15, 0.2) is 18.3 Å². The quantitative estimate of drug-likeness (QED) is 0.768. The second-order valence-corrected chi connectivity index (χ2v) is 4.21. The first-order valence-corrected chi connectivity index (χ1v) is 5.76. The Morgan fingerprint density at radius 2 is 2.47 bits per heavy atom. The molecule has 1 saturated heterocycles. The molecule has 1 fully saturated rings. The van der Waals surface area contributed by atoms with Crippen LogP contribution < -0.4 is 10.6 Å². The highest BCUT2D eigenvalue weighted by atomic mass is 16.5. The van der Waals surface area contributed by atoms with E-state index in [0.29, 0.717) is 11.4 Å². The zero-order chi connectivity index (χ0) is 12.3. The fourth-order valence-corrected chi connectivity index (χ4v) is 2.12. The summed E-state index contributed by atoms with van der Waals surface area (Å²) in [6.07, 6.45) is 3.73. The smallest absolute Gasteiger partial charge is 0.341 e. The normalized spacial score (nSPS) is 20.1. The number of nitrogens with two attached hydrogens (primary N) is 1. The number of pyridine rings is 1. The van der Waals surface area contributed by atoms with Crippen molar-refractivity contribution in [3.05, 3.63) is 23.9 Å². The fourth-order valence-electron chi connectivity index (χ4n) is 2.12. The Hall–Kier alpha value is -1.62. The van der Waals surface area contributed by atoms with Gasteiger partial charge in [-0.05, 0) is 25.0 Å². The van der Waals surface area contributed by atoms with E-state index in [0.717, 1.165) is 25.9 Å². The average molecular weight is 235 g/mol. The number of hydrogen-bond donors (Lipinski definition) is 1. The van der Waals surface area contributed by atoms with E-state index in [1.165, 1.54) is 7.11 Å². The molecule has 1 aromatic heterocycles. The number of rotatable bonds is 2. The molecule has 0 saturated carbocycles. The monoisotopic (exact) mass is 235 g/mol. The summed E-state index contributed by atoms with van der Waals surface area (Å²) in [5.41, 5.74) is 6.44. The molecule has 5 heteroatoms. The van der Waals surface area contributed by atoms with Crippen molar-refractivity contribution in [3.63, 3.8) is 0 Å². The molecule has 2 heterocycles. The summed E-state index contributed by atoms with van der Waals surface area (Å²) in [4.78, 5) is 18.0. The number of methoxy groups -OCH3 is 1. The molecule has 0 radical (unpaired) electrons. The van der Waals surface area contributed by atoms with Crippen LogP contribution in [0.2, 0.25) is 0 Å². The van der Waals surface area contributed by atoms with Gasteiger partial charge in [-0.1, -0.05) is 0 Å². The van der Waals surface area contributed by atoms with Crippen LogP contribution in [0, 0.1) is 0 Å². The number of piperidine rings is 1. The summed E-state index contributed by atoms with van der Waals surface area (Å²) in [5, 5.41) is 0. The van der Waals surface area contributed by atoms with Crippen molar-refractivity contribution in [1.29, 1.82) is 0 Å². The van der Waals surface area contributed by atoms with E-state index in [1.807, 2.05) is 0 Å². The lowest BCUT2D eigenvalue weighted by molar-refractivity contribution is 0.0601. The van der Waals surface area contributed by atoms with Gasteiger partial charge in [-0.25, -0.2) is 9.78 Å². The van der Waals surface area contributed by atoms with Crippen molar-refractivity contribution in [2.45, 2.75) is 18.9 Å². The van der Waals surface area contributed by atoms with Crippen molar-refractivity contribution in [1.82, 2.24) is 4.98 Å². The summed E-state index contributed by atoms with van der Waals surface area (Å²) in [6, 6.07) is 3.62. The molecule has 0 aliphatic carbocycles. The Labute approximate surface area is 101 Å². The van der Waals surface area contributed by atoms with Crippen LogP contribution in [-0.4, -0.2) is 37.2 Å². The van der Waals surface area contributed by atoms with E-state index < -0.39 is 0 Å². The standard InChI is InChI=1S/C12H17N3O2/c1-17-12(16)10-5-2-6-14-11(10)15-7-3-4-9(13)8-15/h2,5-6,9H,3-4,7-8,13H2,1H3/t9-/m0/s1. The van der Waals surface area contributed by atoms with Crippen LogP contribution in [0.3, 0.4) is 0 Å². The maximum Gasteiger partial charge on any atom is 0.341 e. The predicted octanol–water partition coefficient (Wildman–Crippen LogP) is 0.796. The molecular weight excluding hydrogens is 218 g/mol. The first kappa shape index (κ1) is 11.9. The molecule has 17 heavy (non-hydrogen) atoms. The van der Waals surface area contributed by atoms with Crippen LogP contribution in [0.4, 0.5) is 5.82 Å². The van der Waals surface area contributed by atoms with Crippen LogP contribution >= 0.6 is 0 Å².